The summed E-state index contributed by atoms with van der Waals surface area (Å²) in [6.45, 7) is 2.08. The van der Waals surface area contributed by atoms with E-state index in [0.717, 1.165) is 21.0 Å². The van der Waals surface area contributed by atoms with E-state index < -0.39 is 0 Å². The van der Waals surface area contributed by atoms with Crippen LogP contribution in [-0.4, -0.2) is 14.2 Å². The van der Waals surface area contributed by atoms with Crippen molar-refractivity contribution >= 4 is 29.2 Å². The van der Waals surface area contributed by atoms with E-state index in [9.17, 15) is 0 Å². The molecule has 0 radical (unpaired) electrons. The van der Waals surface area contributed by atoms with Gasteiger partial charge < -0.3 is 4.57 Å². The van der Waals surface area contributed by atoms with E-state index >= 15 is 0 Å². The monoisotopic (exact) mass is 261 g/mol. The summed E-state index contributed by atoms with van der Waals surface area (Å²) in [5.41, 5.74) is 2.19. The van der Waals surface area contributed by atoms with Gasteiger partial charge in [-0.25, -0.2) is 0 Å². The highest BCUT2D eigenvalue weighted by atomic mass is 32.1. The molecule has 0 unspecified atom stereocenters. The maximum atomic E-state index is 5.30. The first-order valence-electron chi connectivity index (χ1n) is 5.29. The van der Waals surface area contributed by atoms with Crippen LogP contribution >= 0.6 is 23.6 Å². The molecule has 0 saturated heterocycles. The van der Waals surface area contributed by atoms with Crippen molar-refractivity contribution < 1.29 is 0 Å². The molecule has 3 nitrogen and oxygen atoms in total. The zero-order valence-corrected chi connectivity index (χ0v) is 11.2. The normalized spacial score (nSPS) is 11.2. The topological polar surface area (TPSA) is 22.2 Å². The van der Waals surface area contributed by atoms with E-state index in [2.05, 4.69) is 28.7 Å². The van der Waals surface area contributed by atoms with Crippen molar-refractivity contribution in [2.75, 3.05) is 0 Å². The minimum Gasteiger partial charge on any atom is -0.311 e. The Labute approximate surface area is 108 Å². The predicted octanol–water partition coefficient (Wildman–Crippen LogP) is 3.44. The minimum absolute atomic E-state index is 0.801. The summed E-state index contributed by atoms with van der Waals surface area (Å²) in [7, 11) is 2.03. The lowest BCUT2D eigenvalue weighted by molar-refractivity contribution is 0.957. The first-order valence-corrected chi connectivity index (χ1v) is 6.51. The van der Waals surface area contributed by atoms with Crippen molar-refractivity contribution in [3.05, 3.63) is 39.2 Å². The van der Waals surface area contributed by atoms with E-state index in [0.29, 0.717) is 0 Å². The van der Waals surface area contributed by atoms with Gasteiger partial charge in [-0.05, 0) is 19.1 Å². The quantitative estimate of drug-likeness (QED) is 0.626. The van der Waals surface area contributed by atoms with Gasteiger partial charge in [-0.2, -0.15) is 4.52 Å². The van der Waals surface area contributed by atoms with Crippen molar-refractivity contribution in [1.82, 2.24) is 14.2 Å². The first kappa shape index (κ1) is 10.7. The number of benzene rings is 1. The second-order valence-corrected chi connectivity index (χ2v) is 5.76. The van der Waals surface area contributed by atoms with Crippen LogP contribution in [0, 0.1) is 10.9 Å². The van der Waals surface area contributed by atoms with Gasteiger partial charge in [0.15, 0.2) is 15.4 Å². The van der Waals surface area contributed by atoms with Gasteiger partial charge in [0, 0.05) is 17.5 Å². The van der Waals surface area contributed by atoms with Crippen LogP contribution in [0.3, 0.4) is 0 Å². The van der Waals surface area contributed by atoms with E-state index in [-0.39, 0.29) is 0 Å². The molecule has 0 aliphatic rings. The Balaban J connectivity index is 2.36. The van der Waals surface area contributed by atoms with Crippen molar-refractivity contribution in [1.29, 1.82) is 0 Å². The smallest absolute Gasteiger partial charge is 0.184 e. The Morgan fingerprint density at radius 1 is 1.24 bits per heavy atom. The summed E-state index contributed by atoms with van der Waals surface area (Å²) >= 11 is 6.90. The lowest BCUT2D eigenvalue weighted by atomic mass is 10.2. The fourth-order valence-corrected chi connectivity index (χ4v) is 3.32. The van der Waals surface area contributed by atoms with Crippen molar-refractivity contribution in [3.63, 3.8) is 0 Å². The summed E-state index contributed by atoms with van der Waals surface area (Å²) < 4.78 is 4.74. The molecule has 0 bridgehead atoms. The molecule has 2 heterocycles. The minimum atomic E-state index is 0.801. The van der Waals surface area contributed by atoms with Crippen LogP contribution in [0.5, 0.6) is 0 Å². The van der Waals surface area contributed by atoms with Gasteiger partial charge in [-0.1, -0.05) is 30.3 Å². The molecule has 1 aromatic carbocycles. The average molecular weight is 261 g/mol. The molecule has 3 rings (SSSR count). The second-order valence-electron chi connectivity index (χ2n) is 3.91. The van der Waals surface area contributed by atoms with Crippen LogP contribution in [-0.2, 0) is 7.05 Å². The number of aromatic nitrogens is 3. The molecule has 86 valence electrons. The number of hydrogen-bond acceptors (Lipinski definition) is 3. The molecule has 17 heavy (non-hydrogen) atoms. The zero-order valence-electron chi connectivity index (χ0n) is 9.54. The summed E-state index contributed by atoms with van der Waals surface area (Å²) in [6, 6.07) is 10.2. The number of thiazole rings is 1. The van der Waals surface area contributed by atoms with Gasteiger partial charge in [0.25, 0.3) is 0 Å². The highest BCUT2D eigenvalue weighted by Crippen LogP contribution is 2.24. The first-order chi connectivity index (χ1) is 8.18. The van der Waals surface area contributed by atoms with Crippen molar-refractivity contribution in [2.24, 2.45) is 7.05 Å². The molecule has 0 aliphatic carbocycles. The van der Waals surface area contributed by atoms with Crippen LogP contribution in [0.25, 0.3) is 17.0 Å². The lowest BCUT2D eigenvalue weighted by Gasteiger charge is -2.00. The molecule has 0 saturated carbocycles. The summed E-state index contributed by atoms with van der Waals surface area (Å²) in [4.78, 5) is 1.20. The second kappa shape index (κ2) is 3.78. The summed E-state index contributed by atoms with van der Waals surface area (Å²) in [6.07, 6.45) is 0. The van der Waals surface area contributed by atoms with Crippen LogP contribution in [0.1, 0.15) is 4.88 Å². The van der Waals surface area contributed by atoms with Crippen LogP contribution < -0.4 is 0 Å². The van der Waals surface area contributed by atoms with Gasteiger partial charge in [-0.3, -0.25) is 0 Å². The third kappa shape index (κ3) is 1.54. The zero-order chi connectivity index (χ0) is 12.0. The average Bonchev–Trinajstić information content (AvgIpc) is 2.81. The third-order valence-electron chi connectivity index (χ3n) is 2.79. The molecule has 0 fully saturated rings. The number of nitrogens with zero attached hydrogens (tertiary/aromatic N) is 3. The van der Waals surface area contributed by atoms with Gasteiger partial charge in [0.2, 0.25) is 0 Å². The van der Waals surface area contributed by atoms with Crippen LogP contribution in [0.15, 0.2) is 30.3 Å². The molecule has 0 atom stereocenters. The van der Waals surface area contributed by atoms with Crippen molar-refractivity contribution in [3.8, 4) is 11.4 Å². The summed E-state index contributed by atoms with van der Waals surface area (Å²) in [5, 5.41) is 4.59. The Bertz CT molecular complexity index is 734. The van der Waals surface area contributed by atoms with Gasteiger partial charge in [-0.15, -0.1) is 16.4 Å². The van der Waals surface area contributed by atoms with Gasteiger partial charge in [0.05, 0.1) is 0 Å². The molecular weight excluding hydrogens is 250 g/mol. The molecule has 3 aromatic rings. The molecule has 0 amide bonds. The predicted molar refractivity (Wildman–Crippen MR) is 73.0 cm³/mol. The standard InChI is InChI=1S/C12H11N3S2/c1-8-11-14(2)10(9-6-4-3-5-7-9)13-15(11)12(16)17-8/h3-7H,1-2H3. The SMILES string of the molecule is Cc1sc(=S)n2nc(-c3ccccc3)n(C)c12. The fraction of sp³-hybridized carbons (Fsp3) is 0.167. The summed E-state index contributed by atoms with van der Waals surface area (Å²) in [5.74, 6) is 0.947. The maximum absolute atomic E-state index is 5.30. The lowest BCUT2D eigenvalue weighted by Crippen LogP contribution is -1.92. The number of rotatable bonds is 1. The molecular formula is C12H11N3S2. The van der Waals surface area contributed by atoms with Crippen LogP contribution in [0.2, 0.25) is 0 Å². The van der Waals surface area contributed by atoms with E-state index in [4.69, 9.17) is 12.2 Å². The van der Waals surface area contributed by atoms with E-state index in [1.54, 1.807) is 11.3 Å². The van der Waals surface area contributed by atoms with Gasteiger partial charge >= 0.3 is 0 Å². The Morgan fingerprint density at radius 2 is 1.94 bits per heavy atom. The third-order valence-corrected chi connectivity index (χ3v) is 4.05. The number of hydrogen-bond donors (Lipinski definition) is 0. The molecule has 0 N–H and O–H groups in total. The number of aryl methyl sites for hydroxylation is 2. The van der Waals surface area contributed by atoms with E-state index in [1.807, 2.05) is 29.8 Å². The highest BCUT2D eigenvalue weighted by molar-refractivity contribution is 7.73. The number of fused-ring (bicyclic) bond motifs is 1. The Hall–Kier alpha value is -1.46. The fourth-order valence-electron chi connectivity index (χ4n) is 2.02. The van der Waals surface area contributed by atoms with E-state index in [1.165, 1.54) is 4.88 Å². The molecule has 0 aliphatic heterocycles. The Morgan fingerprint density at radius 3 is 2.59 bits per heavy atom. The van der Waals surface area contributed by atoms with Crippen LogP contribution in [0.4, 0.5) is 0 Å². The molecule has 0 spiro atoms. The van der Waals surface area contributed by atoms with Crippen molar-refractivity contribution in [2.45, 2.75) is 6.92 Å². The molecule has 2 aromatic heterocycles. The Kier molecular flexibility index (Phi) is 2.38. The maximum Gasteiger partial charge on any atom is 0.184 e. The molecule has 5 heteroatoms. The highest BCUT2D eigenvalue weighted by Gasteiger charge is 2.13. The van der Waals surface area contributed by atoms with Gasteiger partial charge in [0.1, 0.15) is 0 Å². The largest absolute Gasteiger partial charge is 0.311 e.